The lowest BCUT2D eigenvalue weighted by molar-refractivity contribution is -0.139. The third kappa shape index (κ3) is 5.69. The summed E-state index contributed by atoms with van der Waals surface area (Å²) in [5.41, 5.74) is -0.893. The van der Waals surface area contributed by atoms with E-state index in [9.17, 15) is 21.6 Å². The lowest BCUT2D eigenvalue weighted by Crippen LogP contribution is -2.18. The fourth-order valence-electron chi connectivity index (χ4n) is 1.45. The molecule has 108 valence electrons. The highest BCUT2D eigenvalue weighted by atomic mass is 35.7. The Labute approximate surface area is 113 Å². The molecule has 0 aliphatic rings. The van der Waals surface area contributed by atoms with Gasteiger partial charge in [-0.15, -0.1) is 0 Å². The minimum atomic E-state index is -4.52. The lowest BCUT2D eigenvalue weighted by atomic mass is 10.2. The van der Waals surface area contributed by atoms with Crippen molar-refractivity contribution in [1.29, 1.82) is 0 Å². The first-order valence-corrected chi connectivity index (χ1v) is 7.79. The van der Waals surface area contributed by atoms with E-state index in [-0.39, 0.29) is 18.1 Å². The Morgan fingerprint density at radius 2 is 1.89 bits per heavy atom. The van der Waals surface area contributed by atoms with Gasteiger partial charge in [-0.25, -0.2) is 8.42 Å². The van der Waals surface area contributed by atoms with Crippen molar-refractivity contribution in [2.75, 3.05) is 12.4 Å². The average Bonchev–Trinajstić information content (AvgIpc) is 2.23. The fourth-order valence-corrected chi connectivity index (χ4v) is 2.87. The van der Waals surface area contributed by atoms with E-state index < -0.39 is 26.7 Å². The Hall–Kier alpha value is -0.950. The van der Waals surface area contributed by atoms with E-state index >= 15 is 0 Å². The molecule has 0 amide bonds. The van der Waals surface area contributed by atoms with Crippen molar-refractivity contribution in [3.05, 3.63) is 29.8 Å². The number of hydrogen-bond donors (Lipinski definition) is 0. The van der Waals surface area contributed by atoms with Crippen LogP contribution in [0.15, 0.2) is 24.3 Å². The fraction of sp³-hybridized carbons (Fsp3) is 0.455. The van der Waals surface area contributed by atoms with Crippen molar-refractivity contribution in [1.82, 2.24) is 0 Å². The molecule has 0 radical (unpaired) electrons. The average molecular weight is 317 g/mol. The molecule has 0 N–H and O–H groups in total. The molecule has 0 bridgehead atoms. The van der Waals surface area contributed by atoms with Gasteiger partial charge in [-0.3, -0.25) is 0 Å². The number of rotatable bonds is 5. The number of para-hydroxylation sites is 1. The van der Waals surface area contributed by atoms with Crippen LogP contribution in [0.3, 0.4) is 0 Å². The van der Waals surface area contributed by atoms with Gasteiger partial charge in [0.15, 0.2) is 0 Å². The topological polar surface area (TPSA) is 43.4 Å². The lowest BCUT2D eigenvalue weighted by Gasteiger charge is -2.16. The first-order valence-electron chi connectivity index (χ1n) is 5.31. The maximum atomic E-state index is 12.6. The molecule has 1 aromatic carbocycles. The number of benzene rings is 1. The van der Waals surface area contributed by atoms with Crippen LogP contribution in [0.5, 0.6) is 5.75 Å². The van der Waals surface area contributed by atoms with Crippen LogP contribution in [0.1, 0.15) is 12.5 Å². The molecule has 0 aliphatic heterocycles. The van der Waals surface area contributed by atoms with Gasteiger partial charge in [-0.2, -0.15) is 13.2 Å². The minimum absolute atomic E-state index is 0.168. The third-order valence-electron chi connectivity index (χ3n) is 2.20. The predicted octanol–water partition coefficient (Wildman–Crippen LogP) is 3.29. The van der Waals surface area contributed by atoms with Gasteiger partial charge in [-0.1, -0.05) is 19.1 Å². The van der Waals surface area contributed by atoms with E-state index in [2.05, 4.69) is 0 Å². The highest BCUT2D eigenvalue weighted by Gasteiger charge is 2.34. The van der Waals surface area contributed by atoms with Gasteiger partial charge in [-0.05, 0) is 12.1 Å². The Kier molecular flexibility index (Phi) is 5.09. The maximum Gasteiger partial charge on any atom is 0.419 e. The summed E-state index contributed by atoms with van der Waals surface area (Å²) in [6, 6.07) is 4.75. The molecular formula is C11H12ClF3O3S. The first-order chi connectivity index (χ1) is 8.59. The smallest absolute Gasteiger partial charge is 0.419 e. The zero-order chi connectivity index (χ0) is 14.7. The summed E-state index contributed by atoms with van der Waals surface area (Å²) in [7, 11) is 1.35. The largest absolute Gasteiger partial charge is 0.493 e. The van der Waals surface area contributed by atoms with Gasteiger partial charge in [0.25, 0.3) is 0 Å². The second-order valence-electron chi connectivity index (χ2n) is 4.12. The Bertz CT molecular complexity index is 528. The van der Waals surface area contributed by atoms with E-state index in [1.165, 1.54) is 25.1 Å². The Morgan fingerprint density at radius 3 is 2.42 bits per heavy atom. The first kappa shape index (κ1) is 16.1. The van der Waals surface area contributed by atoms with Crippen molar-refractivity contribution in [3.63, 3.8) is 0 Å². The van der Waals surface area contributed by atoms with Crippen molar-refractivity contribution >= 4 is 19.7 Å². The summed E-state index contributed by atoms with van der Waals surface area (Å²) >= 11 is 0. The molecule has 0 heterocycles. The van der Waals surface area contributed by atoms with Gasteiger partial charge in [0, 0.05) is 16.6 Å². The second kappa shape index (κ2) is 6.00. The molecule has 19 heavy (non-hydrogen) atoms. The zero-order valence-corrected chi connectivity index (χ0v) is 11.5. The number of ether oxygens (including phenoxy) is 1. The van der Waals surface area contributed by atoms with E-state index in [1.807, 2.05) is 0 Å². The van der Waals surface area contributed by atoms with Crippen molar-refractivity contribution in [3.8, 4) is 5.75 Å². The van der Waals surface area contributed by atoms with Crippen molar-refractivity contribution in [2.45, 2.75) is 13.1 Å². The van der Waals surface area contributed by atoms with Gasteiger partial charge >= 0.3 is 6.18 Å². The molecule has 1 aromatic rings. The molecular weight excluding hydrogens is 305 g/mol. The number of alkyl halides is 3. The van der Waals surface area contributed by atoms with Crippen LogP contribution in [0.4, 0.5) is 13.2 Å². The predicted molar refractivity (Wildman–Crippen MR) is 65.7 cm³/mol. The summed E-state index contributed by atoms with van der Waals surface area (Å²) < 4.78 is 64.6. The second-order valence-corrected chi connectivity index (χ2v) is 6.94. The van der Waals surface area contributed by atoms with Crippen LogP contribution < -0.4 is 4.74 Å². The van der Waals surface area contributed by atoms with E-state index in [4.69, 9.17) is 15.4 Å². The standard InChI is InChI=1S/C11H12ClF3O3S/c1-8(7-19(12,16)17)6-18-10-5-3-2-4-9(10)11(13,14)15/h2-5,8H,6-7H2,1H3. The molecule has 1 rings (SSSR count). The monoisotopic (exact) mass is 316 g/mol. The van der Waals surface area contributed by atoms with Crippen molar-refractivity contribution < 1.29 is 26.3 Å². The highest BCUT2D eigenvalue weighted by Crippen LogP contribution is 2.36. The summed E-state index contributed by atoms with van der Waals surface area (Å²) in [6.07, 6.45) is -4.52. The summed E-state index contributed by atoms with van der Waals surface area (Å²) in [5, 5.41) is 0. The van der Waals surface area contributed by atoms with Crippen LogP contribution >= 0.6 is 10.7 Å². The summed E-state index contributed by atoms with van der Waals surface area (Å²) in [6.45, 7) is 1.36. The van der Waals surface area contributed by atoms with Crippen LogP contribution in [-0.2, 0) is 15.2 Å². The molecule has 1 atom stereocenters. The third-order valence-corrected chi connectivity index (χ3v) is 3.54. The van der Waals surface area contributed by atoms with Crippen LogP contribution in [0.25, 0.3) is 0 Å². The molecule has 0 spiro atoms. The van der Waals surface area contributed by atoms with Crippen LogP contribution in [0.2, 0.25) is 0 Å². The summed E-state index contributed by atoms with van der Waals surface area (Å²) in [5.74, 6) is -1.19. The molecule has 0 aliphatic carbocycles. The number of halogens is 4. The van der Waals surface area contributed by atoms with E-state index in [0.29, 0.717) is 0 Å². The molecule has 0 aromatic heterocycles. The van der Waals surface area contributed by atoms with E-state index in [1.54, 1.807) is 0 Å². The van der Waals surface area contributed by atoms with E-state index in [0.717, 1.165) is 6.07 Å². The molecule has 0 fully saturated rings. The highest BCUT2D eigenvalue weighted by molar-refractivity contribution is 8.13. The number of hydrogen-bond acceptors (Lipinski definition) is 3. The van der Waals surface area contributed by atoms with Gasteiger partial charge < -0.3 is 4.74 Å². The quantitative estimate of drug-likeness (QED) is 0.783. The Morgan fingerprint density at radius 1 is 1.32 bits per heavy atom. The minimum Gasteiger partial charge on any atom is -0.493 e. The Balaban J connectivity index is 2.74. The molecule has 0 saturated carbocycles. The van der Waals surface area contributed by atoms with Crippen LogP contribution in [-0.4, -0.2) is 20.8 Å². The van der Waals surface area contributed by atoms with Crippen molar-refractivity contribution in [2.24, 2.45) is 5.92 Å². The van der Waals surface area contributed by atoms with Gasteiger partial charge in [0.1, 0.15) is 5.75 Å². The normalized spacial score (nSPS) is 14.2. The maximum absolute atomic E-state index is 12.6. The van der Waals surface area contributed by atoms with Crippen LogP contribution in [0, 0.1) is 5.92 Å². The molecule has 8 heteroatoms. The van der Waals surface area contributed by atoms with Gasteiger partial charge in [0.05, 0.1) is 17.9 Å². The molecule has 0 saturated heterocycles. The molecule has 3 nitrogen and oxygen atoms in total. The SMILES string of the molecule is CC(COc1ccccc1C(F)(F)F)CS(=O)(=O)Cl. The summed E-state index contributed by atoms with van der Waals surface area (Å²) in [4.78, 5) is 0. The van der Waals surface area contributed by atoms with Gasteiger partial charge in [0.2, 0.25) is 9.05 Å². The zero-order valence-electron chi connectivity index (χ0n) is 9.95. The molecule has 1 unspecified atom stereocenters.